The van der Waals surface area contributed by atoms with Crippen molar-refractivity contribution in [2.24, 2.45) is 0 Å². The van der Waals surface area contributed by atoms with Gasteiger partial charge in [0.25, 0.3) is 16.0 Å². The molecule has 0 saturated heterocycles. The molecule has 0 bridgehead atoms. The van der Waals surface area contributed by atoms with Gasteiger partial charge in [-0.05, 0) is 55.0 Å². The second-order valence-corrected chi connectivity index (χ2v) is 10.3. The van der Waals surface area contributed by atoms with E-state index in [0.29, 0.717) is 6.42 Å². The second-order valence-electron chi connectivity index (χ2n) is 7.75. The van der Waals surface area contributed by atoms with Crippen LogP contribution in [-0.4, -0.2) is 42.1 Å². The third kappa shape index (κ3) is 5.40. The summed E-state index contributed by atoms with van der Waals surface area (Å²) >= 11 is 1.14. The SMILES string of the molecule is O=C(CCCNC(=O)c1ccc2c(c1)C(=O)c1cc(S(=O)(=O)O)ccc1C2=O)Sc1ccccc1. The summed E-state index contributed by atoms with van der Waals surface area (Å²) < 4.78 is 32.1. The zero-order valence-electron chi connectivity index (χ0n) is 18.2. The van der Waals surface area contributed by atoms with E-state index in [4.69, 9.17) is 0 Å². The summed E-state index contributed by atoms with van der Waals surface area (Å²) in [6, 6.07) is 16.5. The maximum Gasteiger partial charge on any atom is 0.294 e. The van der Waals surface area contributed by atoms with Gasteiger partial charge in [-0.25, -0.2) is 0 Å². The van der Waals surface area contributed by atoms with Crippen molar-refractivity contribution in [2.75, 3.05) is 6.54 Å². The van der Waals surface area contributed by atoms with Crippen LogP contribution in [-0.2, 0) is 14.9 Å². The molecule has 4 rings (SSSR count). The van der Waals surface area contributed by atoms with E-state index in [1.165, 1.54) is 24.3 Å². The first-order chi connectivity index (χ1) is 16.6. The van der Waals surface area contributed by atoms with E-state index in [0.717, 1.165) is 28.8 Å². The summed E-state index contributed by atoms with van der Waals surface area (Å²) in [5, 5.41) is 2.67. The van der Waals surface area contributed by atoms with Gasteiger partial charge in [-0.2, -0.15) is 8.42 Å². The molecule has 2 N–H and O–H groups in total. The first-order valence-corrected chi connectivity index (χ1v) is 12.8. The number of fused-ring (bicyclic) bond motifs is 2. The number of rotatable bonds is 7. The summed E-state index contributed by atoms with van der Waals surface area (Å²) in [6.07, 6.45) is 0.697. The Hall–Kier alpha value is -3.60. The van der Waals surface area contributed by atoms with E-state index in [9.17, 15) is 32.1 Å². The lowest BCUT2D eigenvalue weighted by molar-refractivity contribution is -0.111. The molecular formula is C25H19NO7S2. The molecular weight excluding hydrogens is 490 g/mol. The largest absolute Gasteiger partial charge is 0.352 e. The predicted octanol–water partition coefficient (Wildman–Crippen LogP) is 3.54. The monoisotopic (exact) mass is 509 g/mol. The van der Waals surface area contributed by atoms with Crippen molar-refractivity contribution in [3.63, 3.8) is 0 Å². The van der Waals surface area contributed by atoms with Crippen LogP contribution < -0.4 is 5.32 Å². The van der Waals surface area contributed by atoms with Crippen LogP contribution >= 0.6 is 11.8 Å². The topological polar surface area (TPSA) is 135 Å². The molecule has 0 atom stereocenters. The van der Waals surface area contributed by atoms with Gasteiger partial charge in [-0.1, -0.05) is 30.0 Å². The Kier molecular flexibility index (Phi) is 6.97. The molecule has 0 aromatic heterocycles. The van der Waals surface area contributed by atoms with Crippen molar-refractivity contribution in [1.29, 1.82) is 0 Å². The number of ketones is 2. The Bertz CT molecular complexity index is 1460. The van der Waals surface area contributed by atoms with E-state index in [2.05, 4.69) is 5.32 Å². The second kappa shape index (κ2) is 9.95. The van der Waals surface area contributed by atoms with Crippen LogP contribution in [0.15, 0.2) is 76.5 Å². The van der Waals surface area contributed by atoms with Crippen molar-refractivity contribution in [1.82, 2.24) is 5.32 Å². The molecule has 0 unspecified atom stereocenters. The highest BCUT2D eigenvalue weighted by Crippen LogP contribution is 2.30. The molecule has 10 heteroatoms. The molecule has 0 aliphatic heterocycles. The number of thioether (sulfide) groups is 1. The minimum atomic E-state index is -4.57. The third-order valence-corrected chi connectivity index (χ3v) is 7.16. The average molecular weight is 510 g/mol. The minimum Gasteiger partial charge on any atom is -0.352 e. The summed E-state index contributed by atoms with van der Waals surface area (Å²) in [5.41, 5.74) is 0.0679. The van der Waals surface area contributed by atoms with Gasteiger partial charge < -0.3 is 5.32 Å². The van der Waals surface area contributed by atoms with Crippen molar-refractivity contribution in [3.05, 3.63) is 94.5 Å². The van der Waals surface area contributed by atoms with Gasteiger partial charge in [0.05, 0.1) is 4.90 Å². The minimum absolute atomic E-state index is 0.0186. The summed E-state index contributed by atoms with van der Waals surface area (Å²) in [4.78, 5) is 50.8. The van der Waals surface area contributed by atoms with Gasteiger partial charge in [0.15, 0.2) is 16.7 Å². The Labute approximate surface area is 205 Å². The highest BCUT2D eigenvalue weighted by molar-refractivity contribution is 8.13. The Morgan fingerprint density at radius 1 is 0.829 bits per heavy atom. The van der Waals surface area contributed by atoms with Crippen molar-refractivity contribution in [2.45, 2.75) is 22.6 Å². The smallest absolute Gasteiger partial charge is 0.294 e. The number of nitrogens with one attached hydrogen (secondary N) is 1. The lowest BCUT2D eigenvalue weighted by atomic mass is 9.83. The summed E-state index contributed by atoms with van der Waals surface area (Å²) in [7, 11) is -4.57. The van der Waals surface area contributed by atoms with Crippen LogP contribution in [0.25, 0.3) is 0 Å². The van der Waals surface area contributed by atoms with E-state index in [-0.39, 0.29) is 45.9 Å². The fourth-order valence-corrected chi connectivity index (χ4v) is 4.95. The molecule has 0 radical (unpaired) electrons. The molecule has 1 aliphatic carbocycles. The molecule has 3 aromatic rings. The van der Waals surface area contributed by atoms with E-state index in [1.807, 2.05) is 30.3 Å². The normalized spacial score (nSPS) is 12.6. The van der Waals surface area contributed by atoms with Gasteiger partial charge in [0.1, 0.15) is 0 Å². The first kappa shape index (κ1) is 24.5. The quantitative estimate of drug-likeness (QED) is 0.219. The lowest BCUT2D eigenvalue weighted by Gasteiger charge is -2.18. The summed E-state index contributed by atoms with van der Waals surface area (Å²) in [5.74, 6) is -1.59. The van der Waals surface area contributed by atoms with Crippen LogP contribution in [0.4, 0.5) is 0 Å². The Morgan fingerprint density at radius 2 is 1.46 bits per heavy atom. The van der Waals surface area contributed by atoms with Crippen LogP contribution in [0.5, 0.6) is 0 Å². The molecule has 1 aliphatic rings. The van der Waals surface area contributed by atoms with Gasteiger partial charge >= 0.3 is 0 Å². The highest BCUT2D eigenvalue weighted by atomic mass is 32.2. The number of amides is 1. The maximum absolute atomic E-state index is 13.0. The predicted molar refractivity (Wildman–Crippen MR) is 128 cm³/mol. The van der Waals surface area contributed by atoms with E-state index < -0.39 is 32.5 Å². The van der Waals surface area contributed by atoms with Crippen LogP contribution in [0, 0.1) is 0 Å². The molecule has 3 aromatic carbocycles. The number of carbonyl (C=O) groups is 4. The summed E-state index contributed by atoms with van der Waals surface area (Å²) in [6.45, 7) is 0.241. The van der Waals surface area contributed by atoms with Gasteiger partial charge in [-0.15, -0.1) is 0 Å². The molecule has 0 heterocycles. The molecule has 0 fully saturated rings. The molecule has 0 saturated carbocycles. The highest BCUT2D eigenvalue weighted by Gasteiger charge is 2.31. The Balaban J connectivity index is 1.42. The van der Waals surface area contributed by atoms with Crippen LogP contribution in [0.3, 0.4) is 0 Å². The molecule has 35 heavy (non-hydrogen) atoms. The van der Waals surface area contributed by atoms with Crippen LogP contribution in [0.1, 0.15) is 55.0 Å². The average Bonchev–Trinajstić information content (AvgIpc) is 2.84. The number of carbonyl (C=O) groups excluding carboxylic acids is 4. The van der Waals surface area contributed by atoms with Crippen molar-refractivity contribution < 1.29 is 32.1 Å². The Morgan fingerprint density at radius 3 is 2.14 bits per heavy atom. The molecule has 0 spiro atoms. The van der Waals surface area contributed by atoms with Crippen molar-refractivity contribution >= 4 is 44.5 Å². The zero-order valence-corrected chi connectivity index (χ0v) is 19.8. The maximum atomic E-state index is 13.0. The van der Waals surface area contributed by atoms with Crippen molar-refractivity contribution in [3.8, 4) is 0 Å². The standard InChI is InChI=1S/C25H19NO7S2/c27-22(34-16-5-2-1-3-6-16)7-4-12-26-25(30)15-8-10-18-20(13-15)24(29)21-14-17(35(31,32)33)9-11-19(21)23(18)28/h1-3,5-6,8-11,13-14H,4,7,12H2,(H,26,30)(H,31,32,33). The fourth-order valence-electron chi connectivity index (χ4n) is 3.64. The molecule has 1 amide bonds. The lowest BCUT2D eigenvalue weighted by Crippen LogP contribution is -2.26. The van der Waals surface area contributed by atoms with Gasteiger partial charge in [0, 0.05) is 45.7 Å². The first-order valence-electron chi connectivity index (χ1n) is 10.5. The zero-order chi connectivity index (χ0) is 25.2. The number of benzene rings is 3. The number of hydrogen-bond donors (Lipinski definition) is 2. The molecule has 178 valence electrons. The molecule has 8 nitrogen and oxygen atoms in total. The van der Waals surface area contributed by atoms with Gasteiger partial charge in [0.2, 0.25) is 0 Å². The third-order valence-electron chi connectivity index (χ3n) is 5.37. The number of hydrogen-bond acceptors (Lipinski definition) is 7. The van der Waals surface area contributed by atoms with Crippen LogP contribution in [0.2, 0.25) is 0 Å². The van der Waals surface area contributed by atoms with Gasteiger partial charge in [-0.3, -0.25) is 23.7 Å². The van der Waals surface area contributed by atoms with E-state index >= 15 is 0 Å². The van der Waals surface area contributed by atoms with E-state index in [1.54, 1.807) is 0 Å². The fraction of sp³-hybridized carbons (Fsp3) is 0.120.